The third kappa shape index (κ3) is 4.11. The lowest BCUT2D eigenvalue weighted by atomic mass is 10.1. The fourth-order valence-corrected chi connectivity index (χ4v) is 3.10. The number of benzene rings is 2. The van der Waals surface area contributed by atoms with Gasteiger partial charge in [0.2, 0.25) is 0 Å². The van der Waals surface area contributed by atoms with E-state index in [2.05, 4.69) is 20.2 Å². The van der Waals surface area contributed by atoms with Crippen molar-refractivity contribution in [3.63, 3.8) is 0 Å². The molecule has 0 atom stereocenters. The first kappa shape index (κ1) is 19.3. The third-order valence-electron chi connectivity index (χ3n) is 4.37. The number of nitrogens with zero attached hydrogens (tertiary/aromatic N) is 3. The number of aryl methyl sites for hydroxylation is 1. The summed E-state index contributed by atoms with van der Waals surface area (Å²) >= 11 is 0. The summed E-state index contributed by atoms with van der Waals surface area (Å²) in [4.78, 5) is 27.6. The molecule has 8 heteroatoms. The van der Waals surface area contributed by atoms with Crippen molar-refractivity contribution in [3.05, 3.63) is 64.0 Å². The van der Waals surface area contributed by atoms with Gasteiger partial charge < -0.3 is 15.2 Å². The number of fused-ring (bicyclic) bond motifs is 1. The van der Waals surface area contributed by atoms with Gasteiger partial charge in [0, 0.05) is 30.8 Å². The summed E-state index contributed by atoms with van der Waals surface area (Å²) in [5.41, 5.74) is 2.47. The molecule has 0 aliphatic rings. The standard InChI is InChI=1S/C20H23N5O3/c1-13(2)22-20(26)15-8-9-16(19(12-15)25(27)28)21-10-11-24-14(3)23-17-6-4-5-7-18(17)24/h4-9,12-13,21H,10-11H2,1-3H3,(H,22,26). The van der Waals surface area contributed by atoms with Crippen molar-refractivity contribution in [1.29, 1.82) is 0 Å². The van der Waals surface area contributed by atoms with Crippen LogP contribution in [0.4, 0.5) is 11.4 Å². The van der Waals surface area contributed by atoms with Crippen LogP contribution < -0.4 is 10.6 Å². The van der Waals surface area contributed by atoms with Crippen LogP contribution in [0.1, 0.15) is 30.0 Å². The molecular formula is C20H23N5O3. The second-order valence-electron chi connectivity index (χ2n) is 6.84. The number of para-hydroxylation sites is 2. The molecule has 1 heterocycles. The molecule has 0 fully saturated rings. The maximum absolute atomic E-state index is 12.1. The quantitative estimate of drug-likeness (QED) is 0.482. The lowest BCUT2D eigenvalue weighted by Crippen LogP contribution is -2.30. The molecule has 8 nitrogen and oxygen atoms in total. The van der Waals surface area contributed by atoms with Crippen LogP contribution in [0.25, 0.3) is 11.0 Å². The predicted octanol–water partition coefficient (Wildman–Crippen LogP) is 3.50. The molecule has 0 bridgehead atoms. The second kappa shape index (κ2) is 8.08. The van der Waals surface area contributed by atoms with Crippen molar-refractivity contribution < 1.29 is 9.72 Å². The number of anilines is 1. The molecule has 2 N–H and O–H groups in total. The first-order valence-corrected chi connectivity index (χ1v) is 9.12. The Kier molecular flexibility index (Phi) is 5.58. The van der Waals surface area contributed by atoms with E-state index in [1.165, 1.54) is 6.07 Å². The van der Waals surface area contributed by atoms with Crippen LogP contribution in [0.2, 0.25) is 0 Å². The summed E-state index contributed by atoms with van der Waals surface area (Å²) in [5.74, 6) is 0.559. The van der Waals surface area contributed by atoms with Crippen molar-refractivity contribution in [3.8, 4) is 0 Å². The molecule has 0 saturated carbocycles. The number of amides is 1. The topological polar surface area (TPSA) is 102 Å². The van der Waals surface area contributed by atoms with E-state index in [1.807, 2.05) is 45.0 Å². The van der Waals surface area contributed by atoms with E-state index in [0.29, 0.717) is 18.8 Å². The van der Waals surface area contributed by atoms with Crippen molar-refractivity contribution in [2.75, 3.05) is 11.9 Å². The summed E-state index contributed by atoms with van der Waals surface area (Å²) in [7, 11) is 0. The van der Waals surface area contributed by atoms with Crippen molar-refractivity contribution in [1.82, 2.24) is 14.9 Å². The molecule has 0 spiro atoms. The summed E-state index contributed by atoms with van der Waals surface area (Å²) in [5, 5.41) is 17.3. The first-order valence-electron chi connectivity index (χ1n) is 9.12. The van der Waals surface area contributed by atoms with E-state index in [-0.39, 0.29) is 23.2 Å². The van der Waals surface area contributed by atoms with Crippen molar-refractivity contribution in [2.24, 2.45) is 0 Å². The number of imidazole rings is 1. The van der Waals surface area contributed by atoms with Gasteiger partial charge in [-0.25, -0.2) is 4.98 Å². The van der Waals surface area contributed by atoms with Crippen LogP contribution in [0.3, 0.4) is 0 Å². The molecule has 0 unspecified atom stereocenters. The smallest absolute Gasteiger partial charge is 0.293 e. The van der Waals surface area contributed by atoms with Gasteiger partial charge in [-0.05, 0) is 45.0 Å². The zero-order chi connectivity index (χ0) is 20.3. The summed E-state index contributed by atoms with van der Waals surface area (Å²) in [6.07, 6.45) is 0. The minimum absolute atomic E-state index is 0.0439. The van der Waals surface area contributed by atoms with Crippen molar-refractivity contribution >= 4 is 28.3 Å². The maximum Gasteiger partial charge on any atom is 0.293 e. The van der Waals surface area contributed by atoms with Gasteiger partial charge in [-0.15, -0.1) is 0 Å². The Labute approximate surface area is 162 Å². The van der Waals surface area contributed by atoms with E-state index < -0.39 is 4.92 Å². The highest BCUT2D eigenvalue weighted by Crippen LogP contribution is 2.26. The van der Waals surface area contributed by atoms with Crippen molar-refractivity contribution in [2.45, 2.75) is 33.4 Å². The molecule has 0 aliphatic carbocycles. The lowest BCUT2D eigenvalue weighted by molar-refractivity contribution is -0.384. The Hall–Kier alpha value is -3.42. The number of nitrogens with one attached hydrogen (secondary N) is 2. The Bertz CT molecular complexity index is 1030. The van der Waals surface area contributed by atoms with E-state index >= 15 is 0 Å². The third-order valence-corrected chi connectivity index (χ3v) is 4.37. The molecule has 1 amide bonds. The van der Waals surface area contributed by atoms with E-state index in [1.54, 1.807) is 12.1 Å². The summed E-state index contributed by atoms with van der Waals surface area (Å²) in [6.45, 7) is 6.71. The number of nitro groups is 1. The molecule has 0 aliphatic heterocycles. The number of rotatable bonds is 7. The molecule has 1 aromatic heterocycles. The summed E-state index contributed by atoms with van der Waals surface area (Å²) < 4.78 is 2.07. The van der Waals surface area contributed by atoms with Crippen LogP contribution >= 0.6 is 0 Å². The number of hydrogen-bond acceptors (Lipinski definition) is 5. The number of carbonyl (C=O) groups is 1. The Morgan fingerprint density at radius 1 is 1.25 bits per heavy atom. The van der Waals surface area contributed by atoms with Crippen LogP contribution in [-0.2, 0) is 6.54 Å². The average Bonchev–Trinajstić information content (AvgIpc) is 2.96. The molecule has 3 aromatic rings. The minimum atomic E-state index is -0.480. The fourth-order valence-electron chi connectivity index (χ4n) is 3.10. The second-order valence-corrected chi connectivity index (χ2v) is 6.84. The number of aromatic nitrogens is 2. The lowest BCUT2D eigenvalue weighted by Gasteiger charge is -2.12. The molecule has 3 rings (SSSR count). The zero-order valence-corrected chi connectivity index (χ0v) is 16.1. The van der Waals surface area contributed by atoms with Crippen LogP contribution in [0.5, 0.6) is 0 Å². The molecule has 2 aromatic carbocycles. The molecular weight excluding hydrogens is 358 g/mol. The SMILES string of the molecule is Cc1nc2ccccc2n1CCNc1ccc(C(=O)NC(C)C)cc1[N+](=O)[O-]. The highest BCUT2D eigenvalue weighted by atomic mass is 16.6. The Balaban J connectivity index is 1.75. The van der Waals surface area contributed by atoms with Gasteiger partial charge in [-0.3, -0.25) is 14.9 Å². The average molecular weight is 381 g/mol. The van der Waals surface area contributed by atoms with Gasteiger partial charge in [0.25, 0.3) is 11.6 Å². The van der Waals surface area contributed by atoms with Crippen LogP contribution in [-0.4, -0.2) is 33.0 Å². The van der Waals surface area contributed by atoms with Gasteiger partial charge in [-0.2, -0.15) is 0 Å². The minimum Gasteiger partial charge on any atom is -0.378 e. The molecule has 0 saturated heterocycles. The van der Waals surface area contributed by atoms with E-state index in [0.717, 1.165) is 16.9 Å². The van der Waals surface area contributed by atoms with Gasteiger partial charge in [-0.1, -0.05) is 12.1 Å². The predicted molar refractivity (Wildman–Crippen MR) is 109 cm³/mol. The molecule has 146 valence electrons. The molecule has 0 radical (unpaired) electrons. The van der Waals surface area contributed by atoms with Crippen LogP contribution in [0.15, 0.2) is 42.5 Å². The monoisotopic (exact) mass is 381 g/mol. The summed E-state index contributed by atoms with van der Waals surface area (Å²) in [6, 6.07) is 12.3. The van der Waals surface area contributed by atoms with E-state index in [4.69, 9.17) is 0 Å². The van der Waals surface area contributed by atoms with Gasteiger partial charge in [0.05, 0.1) is 16.0 Å². The zero-order valence-electron chi connectivity index (χ0n) is 16.1. The Morgan fingerprint density at radius 3 is 2.71 bits per heavy atom. The highest BCUT2D eigenvalue weighted by Gasteiger charge is 2.18. The largest absolute Gasteiger partial charge is 0.378 e. The number of hydrogen-bond donors (Lipinski definition) is 2. The highest BCUT2D eigenvalue weighted by molar-refractivity contribution is 5.95. The number of nitro benzene ring substituents is 1. The fraction of sp³-hybridized carbons (Fsp3) is 0.300. The van der Waals surface area contributed by atoms with Gasteiger partial charge in [0.15, 0.2) is 0 Å². The maximum atomic E-state index is 12.1. The van der Waals surface area contributed by atoms with E-state index in [9.17, 15) is 14.9 Å². The first-order chi connectivity index (χ1) is 13.4. The normalized spacial score (nSPS) is 11.0. The van der Waals surface area contributed by atoms with Gasteiger partial charge >= 0.3 is 0 Å². The van der Waals surface area contributed by atoms with Gasteiger partial charge in [0.1, 0.15) is 11.5 Å². The number of carbonyl (C=O) groups excluding carboxylic acids is 1. The molecule has 28 heavy (non-hydrogen) atoms. The van der Waals surface area contributed by atoms with Crippen LogP contribution in [0, 0.1) is 17.0 Å². The Morgan fingerprint density at radius 2 is 2.00 bits per heavy atom.